The lowest BCUT2D eigenvalue weighted by Gasteiger charge is -2.45. The van der Waals surface area contributed by atoms with Crippen LogP contribution in [0.3, 0.4) is 0 Å². The maximum atomic E-state index is 3.60. The molecule has 0 amide bonds. The summed E-state index contributed by atoms with van der Waals surface area (Å²) in [7, 11) is 0. The van der Waals surface area contributed by atoms with Crippen LogP contribution in [-0.4, -0.2) is 11.8 Å². The molecule has 0 aliphatic carbocycles. The second-order valence-corrected chi connectivity index (χ2v) is 20.4. The van der Waals surface area contributed by atoms with Gasteiger partial charge in [-0.15, -0.1) is 0 Å². The molecule has 0 aromatic heterocycles. The van der Waals surface area contributed by atoms with Crippen LogP contribution < -0.4 is 0 Å². The standard InChI is InChI=1S/C5H3Br9/c1-2(6,7)3(8,9)4(10,11)5(12,13)14/h1H3. The monoisotopic (exact) mass is 773 g/mol. The maximum absolute atomic E-state index is 3.60. The molecule has 0 spiro atoms. The largest absolute Gasteiger partial charge is 0.162 e. The van der Waals surface area contributed by atoms with Crippen molar-refractivity contribution in [2.24, 2.45) is 0 Å². The summed E-state index contributed by atoms with van der Waals surface area (Å²) in [5.41, 5.74) is 0. The summed E-state index contributed by atoms with van der Waals surface area (Å²) in [5, 5.41) is 0. The van der Waals surface area contributed by atoms with Crippen molar-refractivity contribution in [1.29, 1.82) is 0 Å². The van der Waals surface area contributed by atoms with Crippen LogP contribution >= 0.6 is 143 Å². The fourth-order valence-electron chi connectivity index (χ4n) is 0.454. The van der Waals surface area contributed by atoms with E-state index >= 15 is 0 Å². The van der Waals surface area contributed by atoms with Gasteiger partial charge in [0.15, 0.2) is 2.14 Å². The first-order valence-corrected chi connectivity index (χ1v) is 10.1. The van der Waals surface area contributed by atoms with Crippen molar-refractivity contribution in [3.05, 3.63) is 0 Å². The van der Waals surface area contributed by atoms with Gasteiger partial charge < -0.3 is 0 Å². The first-order chi connectivity index (χ1) is 5.75. The Bertz CT molecular complexity index is 182. The molecule has 0 rings (SSSR count). The SMILES string of the molecule is CC(Br)(Br)C(Br)(Br)C(Br)(Br)C(Br)(Br)Br. The van der Waals surface area contributed by atoms with Crippen molar-refractivity contribution in [2.45, 2.75) is 18.8 Å². The fraction of sp³-hybridized carbons (Fsp3) is 1.00. The third-order valence-electron chi connectivity index (χ3n) is 1.30. The van der Waals surface area contributed by atoms with Gasteiger partial charge in [-0.05, 0) is 6.92 Å². The Morgan fingerprint density at radius 2 is 0.857 bits per heavy atom. The van der Waals surface area contributed by atoms with E-state index in [0.717, 1.165) is 0 Å². The van der Waals surface area contributed by atoms with Gasteiger partial charge in [-0.3, -0.25) is 0 Å². The lowest BCUT2D eigenvalue weighted by molar-refractivity contribution is 0.746. The minimum atomic E-state index is -0.568. The molecule has 0 aromatic rings. The minimum absolute atomic E-state index is 0.388. The van der Waals surface area contributed by atoms with Gasteiger partial charge in [0, 0.05) is 0 Å². The van der Waals surface area contributed by atoms with Crippen LogP contribution in [0.4, 0.5) is 0 Å². The van der Waals surface area contributed by atoms with Gasteiger partial charge >= 0.3 is 0 Å². The number of alkyl halides is 9. The molecular weight excluding hydrogens is 779 g/mol. The zero-order chi connectivity index (χ0) is 12.0. The summed E-state index contributed by atoms with van der Waals surface area (Å²) < 4.78 is -2.03. The highest BCUT2D eigenvalue weighted by atomic mass is 80.0. The van der Waals surface area contributed by atoms with Gasteiger partial charge in [-0.1, -0.05) is 143 Å². The molecule has 0 aromatic carbocycles. The zero-order valence-electron chi connectivity index (χ0n) is 6.40. The normalized spacial score (nSPS) is 15.9. The van der Waals surface area contributed by atoms with E-state index in [1.54, 1.807) is 0 Å². The second-order valence-electron chi connectivity index (χ2n) is 2.53. The third-order valence-corrected chi connectivity index (χ3v) is 16.9. The van der Waals surface area contributed by atoms with E-state index < -0.39 is 8.61 Å². The van der Waals surface area contributed by atoms with E-state index in [-0.39, 0.29) is 3.23 Å². The molecule has 0 bridgehead atoms. The molecule has 0 aliphatic heterocycles. The Morgan fingerprint density at radius 3 is 0.929 bits per heavy atom. The molecule has 0 unspecified atom stereocenters. The quantitative estimate of drug-likeness (QED) is 0.258. The van der Waals surface area contributed by atoms with E-state index in [4.69, 9.17) is 0 Å². The lowest BCUT2D eigenvalue weighted by atomic mass is 10.3. The highest BCUT2D eigenvalue weighted by Gasteiger charge is 2.62. The third kappa shape index (κ3) is 3.90. The first-order valence-electron chi connectivity index (χ1n) is 2.95. The van der Waals surface area contributed by atoms with Gasteiger partial charge in [-0.2, -0.15) is 0 Å². The predicted molar refractivity (Wildman–Crippen MR) is 96.9 cm³/mol. The van der Waals surface area contributed by atoms with E-state index in [0.29, 0.717) is 0 Å². The number of hydrogen-bond donors (Lipinski definition) is 0. The van der Waals surface area contributed by atoms with Crippen molar-refractivity contribution in [3.8, 4) is 0 Å². The van der Waals surface area contributed by atoms with Gasteiger partial charge in [0.2, 0.25) is 0 Å². The molecule has 0 nitrogen and oxygen atoms in total. The second kappa shape index (κ2) is 5.75. The van der Waals surface area contributed by atoms with Crippen LogP contribution in [-0.2, 0) is 0 Å². The van der Waals surface area contributed by atoms with Crippen molar-refractivity contribution in [3.63, 3.8) is 0 Å². The molecule has 86 valence electrons. The van der Waals surface area contributed by atoms with Crippen molar-refractivity contribution < 1.29 is 0 Å². The highest BCUT2D eigenvalue weighted by molar-refractivity contribution is 9.42. The Balaban J connectivity index is 5.30. The van der Waals surface area contributed by atoms with Gasteiger partial charge in [0.05, 0.1) is 0 Å². The smallest absolute Gasteiger partial charge is 0.0704 e. The van der Waals surface area contributed by atoms with Crippen LogP contribution in [0.5, 0.6) is 0 Å². The molecule has 0 radical (unpaired) electrons. The molecule has 0 fully saturated rings. The minimum Gasteiger partial charge on any atom is -0.0704 e. The van der Waals surface area contributed by atoms with Gasteiger partial charge in [0.1, 0.15) is 9.70 Å². The predicted octanol–water partition coefficient (Wildman–Crippen LogP) is 7.30. The molecule has 0 saturated carbocycles. The van der Waals surface area contributed by atoms with Crippen LogP contribution in [0.1, 0.15) is 6.92 Å². The van der Waals surface area contributed by atoms with Crippen molar-refractivity contribution in [1.82, 2.24) is 0 Å². The first kappa shape index (κ1) is 18.3. The maximum Gasteiger partial charge on any atom is 0.162 e. The molecule has 0 aliphatic rings. The zero-order valence-corrected chi connectivity index (χ0v) is 20.7. The molecule has 0 heterocycles. The summed E-state index contributed by atoms with van der Waals surface area (Å²) in [6, 6.07) is 0. The van der Waals surface area contributed by atoms with Gasteiger partial charge in [-0.25, -0.2) is 0 Å². The Morgan fingerprint density at radius 1 is 0.571 bits per heavy atom. The molecule has 0 saturated heterocycles. The van der Waals surface area contributed by atoms with E-state index in [1.807, 2.05) is 6.92 Å². The molecule has 9 heteroatoms. The Labute approximate surface area is 159 Å². The lowest BCUT2D eigenvalue weighted by Crippen LogP contribution is -2.52. The summed E-state index contributed by atoms with van der Waals surface area (Å²) in [6.45, 7) is 1.96. The summed E-state index contributed by atoms with van der Waals surface area (Å²) >= 11 is 31.8. The number of rotatable bonds is 2. The van der Waals surface area contributed by atoms with E-state index in [9.17, 15) is 0 Å². The van der Waals surface area contributed by atoms with Crippen LogP contribution in [0.15, 0.2) is 0 Å². The summed E-state index contributed by atoms with van der Waals surface area (Å²) in [4.78, 5) is 0. The molecular formula is C5H3Br9. The highest BCUT2D eigenvalue weighted by Crippen LogP contribution is 2.68. The fourth-order valence-corrected chi connectivity index (χ4v) is 5.99. The average molecular weight is 782 g/mol. The Kier molecular flexibility index (Phi) is 7.53. The van der Waals surface area contributed by atoms with Gasteiger partial charge in [0.25, 0.3) is 0 Å². The molecule has 0 N–H and O–H groups in total. The van der Waals surface area contributed by atoms with Crippen molar-refractivity contribution >= 4 is 143 Å². The Hall–Kier alpha value is 4.32. The van der Waals surface area contributed by atoms with Crippen LogP contribution in [0, 0.1) is 0 Å². The summed E-state index contributed by atoms with van der Waals surface area (Å²) in [5.74, 6) is 0. The average Bonchev–Trinajstić information content (AvgIpc) is 1.81. The number of halogens is 9. The topological polar surface area (TPSA) is 0 Å². The van der Waals surface area contributed by atoms with E-state index in [2.05, 4.69) is 143 Å². The molecule has 14 heavy (non-hydrogen) atoms. The number of hydrogen-bond acceptors (Lipinski definition) is 0. The van der Waals surface area contributed by atoms with Crippen LogP contribution in [0.2, 0.25) is 0 Å². The van der Waals surface area contributed by atoms with E-state index in [1.165, 1.54) is 0 Å². The van der Waals surface area contributed by atoms with Crippen LogP contribution in [0.25, 0.3) is 0 Å². The summed E-state index contributed by atoms with van der Waals surface area (Å²) in [6.07, 6.45) is 0. The van der Waals surface area contributed by atoms with Crippen molar-refractivity contribution in [2.75, 3.05) is 0 Å². The molecule has 0 atom stereocenters.